The Morgan fingerprint density at radius 3 is 3.09 bits per heavy atom. The highest BCUT2D eigenvalue weighted by atomic mass is 19.1. The van der Waals surface area contributed by atoms with Gasteiger partial charge >= 0.3 is 0 Å². The van der Waals surface area contributed by atoms with E-state index in [1.807, 2.05) is 22.5 Å². The molecule has 118 valence electrons. The molecule has 1 atom stereocenters. The van der Waals surface area contributed by atoms with Crippen LogP contribution in [0.4, 0.5) is 4.39 Å². The summed E-state index contributed by atoms with van der Waals surface area (Å²) in [5, 5.41) is 0. The minimum absolute atomic E-state index is 0.288. The quantitative estimate of drug-likeness (QED) is 0.910. The van der Waals surface area contributed by atoms with Crippen LogP contribution in [0.5, 0.6) is 0 Å². The summed E-state index contributed by atoms with van der Waals surface area (Å²) in [4.78, 5) is 17.9. The van der Waals surface area contributed by atoms with Crippen LogP contribution in [0.15, 0.2) is 18.2 Å². The fourth-order valence-electron chi connectivity index (χ4n) is 2.91. The fraction of sp³-hybridized carbons (Fsp3) is 0.467. The van der Waals surface area contributed by atoms with Gasteiger partial charge in [0.05, 0.1) is 25.3 Å². The van der Waals surface area contributed by atoms with E-state index in [1.54, 1.807) is 6.07 Å². The molecule has 1 aliphatic rings. The molecule has 0 aliphatic carbocycles. The molecule has 0 radical (unpaired) electrons. The molecule has 0 bridgehead atoms. The fourth-order valence-corrected chi connectivity index (χ4v) is 2.91. The number of rotatable bonds is 4. The van der Waals surface area contributed by atoms with Crippen molar-refractivity contribution in [2.24, 2.45) is 5.73 Å². The first-order valence-corrected chi connectivity index (χ1v) is 7.36. The first kappa shape index (κ1) is 14.9. The van der Waals surface area contributed by atoms with E-state index in [1.165, 1.54) is 6.07 Å². The Hall–Kier alpha value is -1.99. The van der Waals surface area contributed by atoms with Gasteiger partial charge in [0, 0.05) is 13.1 Å². The Bertz CT molecular complexity index is 700. The molecule has 1 fully saturated rings. The Morgan fingerprint density at radius 2 is 2.36 bits per heavy atom. The number of nitrogens with zero attached hydrogens (tertiary/aromatic N) is 3. The number of carbonyl (C=O) groups is 1. The predicted molar refractivity (Wildman–Crippen MR) is 79.6 cm³/mol. The molecule has 7 heteroatoms. The zero-order valence-electron chi connectivity index (χ0n) is 12.5. The van der Waals surface area contributed by atoms with Crippen molar-refractivity contribution in [2.75, 3.05) is 19.8 Å². The molecule has 0 spiro atoms. The number of morpholine rings is 1. The molecule has 2 heterocycles. The number of hydrogen-bond acceptors (Lipinski definition) is 4. The van der Waals surface area contributed by atoms with E-state index in [0.29, 0.717) is 31.8 Å². The van der Waals surface area contributed by atoms with Gasteiger partial charge in [-0.1, -0.05) is 6.07 Å². The smallest absolute Gasteiger partial charge is 0.237 e. The van der Waals surface area contributed by atoms with Gasteiger partial charge in [0.1, 0.15) is 17.4 Å². The zero-order chi connectivity index (χ0) is 15.7. The molecule has 1 aliphatic heterocycles. The predicted octanol–water partition coefficient (Wildman–Crippen LogP) is 0.881. The van der Waals surface area contributed by atoms with E-state index in [9.17, 15) is 9.18 Å². The van der Waals surface area contributed by atoms with Gasteiger partial charge in [-0.15, -0.1) is 0 Å². The summed E-state index contributed by atoms with van der Waals surface area (Å²) in [6, 6.07) is 4.46. The van der Waals surface area contributed by atoms with E-state index in [0.717, 1.165) is 11.3 Å². The van der Waals surface area contributed by atoms with Crippen molar-refractivity contribution < 1.29 is 13.9 Å². The SMILES string of the molecule is CCn1c(CN2CCOC[C@H]2C(N)=O)nc2c(F)cccc21. The Morgan fingerprint density at radius 1 is 1.55 bits per heavy atom. The number of fused-ring (bicyclic) bond motifs is 1. The van der Waals surface area contributed by atoms with Gasteiger partial charge < -0.3 is 15.0 Å². The lowest BCUT2D eigenvalue weighted by Crippen LogP contribution is -2.52. The highest BCUT2D eigenvalue weighted by Crippen LogP contribution is 2.21. The number of benzene rings is 1. The van der Waals surface area contributed by atoms with Gasteiger partial charge in [-0.2, -0.15) is 0 Å². The molecule has 6 nitrogen and oxygen atoms in total. The Labute approximate surface area is 127 Å². The van der Waals surface area contributed by atoms with Crippen LogP contribution in [0, 0.1) is 5.82 Å². The van der Waals surface area contributed by atoms with E-state index < -0.39 is 11.9 Å². The van der Waals surface area contributed by atoms with Crippen LogP contribution in [-0.2, 0) is 22.6 Å². The molecule has 3 rings (SSSR count). The van der Waals surface area contributed by atoms with Crippen LogP contribution in [0.25, 0.3) is 11.0 Å². The number of hydrogen-bond donors (Lipinski definition) is 1. The third kappa shape index (κ3) is 2.57. The molecule has 1 aromatic carbocycles. The summed E-state index contributed by atoms with van der Waals surface area (Å²) in [7, 11) is 0. The largest absolute Gasteiger partial charge is 0.378 e. The number of nitrogens with two attached hydrogens (primary N) is 1. The normalized spacial score (nSPS) is 19.6. The molecule has 22 heavy (non-hydrogen) atoms. The van der Waals surface area contributed by atoms with Crippen molar-refractivity contribution in [3.05, 3.63) is 29.8 Å². The van der Waals surface area contributed by atoms with Crippen molar-refractivity contribution >= 4 is 16.9 Å². The topological polar surface area (TPSA) is 73.4 Å². The number of para-hydroxylation sites is 1. The molecular weight excluding hydrogens is 287 g/mol. The molecule has 1 saturated heterocycles. The molecule has 1 aromatic heterocycles. The maximum Gasteiger partial charge on any atom is 0.237 e. The summed E-state index contributed by atoms with van der Waals surface area (Å²) >= 11 is 0. The number of amides is 1. The highest BCUT2D eigenvalue weighted by molar-refractivity contribution is 5.80. The van der Waals surface area contributed by atoms with Crippen molar-refractivity contribution in [3.63, 3.8) is 0 Å². The number of primary amides is 1. The van der Waals surface area contributed by atoms with Crippen molar-refractivity contribution in [3.8, 4) is 0 Å². The minimum atomic E-state index is -0.469. The molecule has 0 saturated carbocycles. The number of aromatic nitrogens is 2. The van der Waals surface area contributed by atoms with Crippen LogP contribution in [0.3, 0.4) is 0 Å². The molecule has 1 amide bonds. The second kappa shape index (κ2) is 6.02. The number of aryl methyl sites for hydroxylation is 1. The molecule has 2 aromatic rings. The summed E-state index contributed by atoms with van der Waals surface area (Å²) in [5.74, 6) is -0.0137. The van der Waals surface area contributed by atoms with E-state index in [4.69, 9.17) is 10.5 Å². The van der Waals surface area contributed by atoms with Gasteiger partial charge in [-0.05, 0) is 19.1 Å². The zero-order valence-corrected chi connectivity index (χ0v) is 12.5. The van der Waals surface area contributed by atoms with Gasteiger partial charge in [-0.25, -0.2) is 9.37 Å². The van der Waals surface area contributed by atoms with Gasteiger partial charge in [-0.3, -0.25) is 9.69 Å². The molecular formula is C15H19FN4O2. The van der Waals surface area contributed by atoms with Crippen molar-refractivity contribution in [2.45, 2.75) is 26.1 Å². The lowest BCUT2D eigenvalue weighted by atomic mass is 10.2. The standard InChI is InChI=1S/C15H19FN4O2/c1-2-20-11-5-3-4-10(16)14(11)18-13(20)8-19-6-7-22-9-12(19)15(17)21/h3-5,12H,2,6-9H2,1H3,(H2,17,21)/t12-/m0/s1. The van der Waals surface area contributed by atoms with E-state index >= 15 is 0 Å². The summed E-state index contributed by atoms with van der Waals surface area (Å²) in [6.07, 6.45) is 0. The van der Waals surface area contributed by atoms with Gasteiger partial charge in [0.25, 0.3) is 0 Å². The average molecular weight is 306 g/mol. The third-order valence-electron chi connectivity index (χ3n) is 4.04. The average Bonchev–Trinajstić information content (AvgIpc) is 2.86. The van der Waals surface area contributed by atoms with Crippen LogP contribution in [0.1, 0.15) is 12.7 Å². The van der Waals surface area contributed by atoms with Crippen molar-refractivity contribution in [1.82, 2.24) is 14.5 Å². The number of ether oxygens (including phenoxy) is 1. The lowest BCUT2D eigenvalue weighted by Gasteiger charge is -2.33. The maximum absolute atomic E-state index is 13.9. The van der Waals surface area contributed by atoms with Crippen LogP contribution in [0.2, 0.25) is 0 Å². The first-order chi connectivity index (χ1) is 10.6. The monoisotopic (exact) mass is 306 g/mol. The summed E-state index contributed by atoms with van der Waals surface area (Å²) < 4.78 is 21.2. The number of halogens is 1. The highest BCUT2D eigenvalue weighted by Gasteiger charge is 2.29. The van der Waals surface area contributed by atoms with E-state index in [2.05, 4.69) is 4.98 Å². The summed E-state index contributed by atoms with van der Waals surface area (Å²) in [5.41, 5.74) is 6.56. The minimum Gasteiger partial charge on any atom is -0.378 e. The van der Waals surface area contributed by atoms with Gasteiger partial charge in [0.2, 0.25) is 5.91 Å². The Kier molecular flexibility index (Phi) is 4.08. The Balaban J connectivity index is 1.96. The van der Waals surface area contributed by atoms with Crippen LogP contribution >= 0.6 is 0 Å². The second-order valence-electron chi connectivity index (χ2n) is 5.34. The first-order valence-electron chi connectivity index (χ1n) is 7.36. The van der Waals surface area contributed by atoms with Crippen LogP contribution < -0.4 is 5.73 Å². The molecule has 0 unspecified atom stereocenters. The molecule has 2 N–H and O–H groups in total. The number of carbonyl (C=O) groups excluding carboxylic acids is 1. The van der Waals surface area contributed by atoms with Crippen molar-refractivity contribution in [1.29, 1.82) is 0 Å². The second-order valence-corrected chi connectivity index (χ2v) is 5.34. The van der Waals surface area contributed by atoms with Crippen LogP contribution in [-0.4, -0.2) is 46.2 Å². The summed E-state index contributed by atoms with van der Waals surface area (Å²) in [6.45, 7) is 4.55. The van der Waals surface area contributed by atoms with E-state index in [-0.39, 0.29) is 12.4 Å². The van der Waals surface area contributed by atoms with Gasteiger partial charge in [0.15, 0.2) is 5.82 Å². The third-order valence-corrected chi connectivity index (χ3v) is 4.04. The lowest BCUT2D eigenvalue weighted by molar-refractivity contribution is -0.129. The maximum atomic E-state index is 13.9. The number of imidazole rings is 1.